The summed E-state index contributed by atoms with van der Waals surface area (Å²) in [6, 6.07) is 23.7. The quantitative estimate of drug-likeness (QED) is 0.0513. The Morgan fingerprint density at radius 2 is 1.48 bits per heavy atom. The number of halogens is 1. The third kappa shape index (κ3) is 12.5. The minimum atomic E-state index is -0.301. The molecule has 3 heterocycles. The highest BCUT2D eigenvalue weighted by Gasteiger charge is 2.19. The maximum atomic E-state index is 13.0. The van der Waals surface area contributed by atoms with Crippen molar-refractivity contribution in [1.29, 1.82) is 0 Å². The largest absolute Gasteiger partial charge is 0.370 e. The molecule has 0 radical (unpaired) electrons. The molecule has 0 amide bonds. The maximum Gasteiger partial charge on any atom is 0.354 e. The van der Waals surface area contributed by atoms with E-state index in [0.717, 1.165) is 93.1 Å². The Bertz CT molecular complexity index is 2080. The number of hydrogen-bond acceptors (Lipinski definition) is 7. The average molecular weight is 765 g/mol. The van der Waals surface area contributed by atoms with E-state index in [0.29, 0.717) is 12.2 Å². The van der Waals surface area contributed by atoms with E-state index in [1.165, 1.54) is 28.9 Å². The number of nitrogens with two attached hydrogens (primary N) is 2. The Balaban J connectivity index is 0.000000215. The first-order chi connectivity index (χ1) is 26.7. The molecule has 3 aromatic carbocycles. The van der Waals surface area contributed by atoms with E-state index in [-0.39, 0.29) is 28.3 Å². The Labute approximate surface area is 331 Å². The number of nitrogens with one attached hydrogen (secondary N) is 4. The molecule has 0 atom stereocenters. The highest BCUT2D eigenvalue weighted by Crippen LogP contribution is 2.29. The molecule has 300 valence electrons. The zero-order valence-corrected chi connectivity index (χ0v) is 34.0. The van der Waals surface area contributed by atoms with E-state index in [1.54, 1.807) is 4.57 Å². The van der Waals surface area contributed by atoms with Crippen LogP contribution in [-0.4, -0.2) is 66.3 Å². The van der Waals surface area contributed by atoms with E-state index >= 15 is 0 Å². The lowest BCUT2D eigenvalue weighted by Gasteiger charge is -2.31. The minimum Gasteiger partial charge on any atom is -0.370 e. The average Bonchev–Trinajstić information content (AvgIpc) is 3.59. The summed E-state index contributed by atoms with van der Waals surface area (Å²) in [6.45, 7) is 21.3. The number of anilines is 1. The van der Waals surface area contributed by atoms with E-state index in [4.69, 9.17) is 11.5 Å². The fraction of sp³-hybridized carbons (Fsp3) is 0.432. The van der Waals surface area contributed by atoms with Crippen LogP contribution in [0.5, 0.6) is 0 Å². The monoisotopic (exact) mass is 765 g/mol. The summed E-state index contributed by atoms with van der Waals surface area (Å²) in [5.41, 5.74) is 19.2. The molecular weight excluding hydrogens is 704 g/mol. The molecule has 0 spiro atoms. The number of nitrogens with zero attached hydrogens (tertiary/aromatic N) is 4. The van der Waals surface area contributed by atoms with Gasteiger partial charge in [0.15, 0.2) is 5.96 Å². The van der Waals surface area contributed by atoms with Crippen LogP contribution in [0.15, 0.2) is 88.8 Å². The van der Waals surface area contributed by atoms with Crippen molar-refractivity contribution in [3.05, 3.63) is 123 Å². The number of benzene rings is 3. The molecule has 12 heteroatoms. The van der Waals surface area contributed by atoms with Gasteiger partial charge in [-0.05, 0) is 96.1 Å². The van der Waals surface area contributed by atoms with Gasteiger partial charge in [-0.1, -0.05) is 71.9 Å². The van der Waals surface area contributed by atoms with Gasteiger partial charge < -0.3 is 37.3 Å². The Morgan fingerprint density at radius 1 is 0.821 bits per heavy atom. The summed E-state index contributed by atoms with van der Waals surface area (Å²) in [5.74, 6) is -0.0519. The van der Waals surface area contributed by atoms with Crippen LogP contribution in [0.25, 0.3) is 16.7 Å². The first-order valence-electron chi connectivity index (χ1n) is 19.7. The lowest BCUT2D eigenvalue weighted by Crippen LogP contribution is -2.43. The number of piperazine rings is 1. The van der Waals surface area contributed by atoms with Crippen molar-refractivity contribution in [1.82, 2.24) is 30.5 Å². The summed E-state index contributed by atoms with van der Waals surface area (Å²) in [7, 11) is 0. The predicted molar refractivity (Wildman–Crippen MR) is 229 cm³/mol. The lowest BCUT2D eigenvalue weighted by atomic mass is 9.85. The standard InChI is InChI=1S/C23H32FN3.C21H29N7O/c1-23(2,3)20-14-19(15-22(16-20)27-12-10-25-11-13-27)17-26-9-8-18-4-6-21(24)7-5-18;1-21(2,3)17-11-15-13-28(20(29)27-18(15)26-17)16-7-5-14(6-8-16)12-24-9-4-10-25-19(22)23/h4-7,14-16,25-26H,8-13,17H2,1-3H3;5-8,11,13,24H,4,9-10,12H2,1-3H3,(H4,22,23,25)(H,26,27,29). The topological polar surface area (TPSA) is 154 Å². The summed E-state index contributed by atoms with van der Waals surface area (Å²) in [6.07, 6.45) is 3.61. The Morgan fingerprint density at radius 3 is 2.14 bits per heavy atom. The van der Waals surface area contributed by atoms with Gasteiger partial charge in [0.05, 0.1) is 5.69 Å². The van der Waals surface area contributed by atoms with Crippen molar-refractivity contribution in [2.45, 2.75) is 78.3 Å². The molecule has 0 unspecified atom stereocenters. The molecule has 11 nitrogen and oxygen atoms in total. The molecule has 1 aliphatic rings. The van der Waals surface area contributed by atoms with Gasteiger partial charge in [-0.25, -0.2) is 9.18 Å². The van der Waals surface area contributed by atoms with Gasteiger partial charge in [0.1, 0.15) is 11.5 Å². The predicted octanol–water partition coefficient (Wildman–Crippen LogP) is 5.63. The molecule has 8 N–H and O–H groups in total. The van der Waals surface area contributed by atoms with Crippen molar-refractivity contribution in [2.75, 3.05) is 50.7 Å². The lowest BCUT2D eigenvalue weighted by molar-refractivity contribution is 0.574. The van der Waals surface area contributed by atoms with Crippen LogP contribution in [0.2, 0.25) is 0 Å². The molecule has 1 fully saturated rings. The second kappa shape index (κ2) is 19.2. The molecule has 56 heavy (non-hydrogen) atoms. The molecule has 0 aliphatic carbocycles. The molecule has 0 saturated carbocycles. The van der Waals surface area contributed by atoms with Crippen molar-refractivity contribution >= 4 is 22.7 Å². The highest BCUT2D eigenvalue weighted by atomic mass is 19.1. The van der Waals surface area contributed by atoms with Gasteiger partial charge in [0.25, 0.3) is 0 Å². The van der Waals surface area contributed by atoms with Gasteiger partial charge in [0, 0.05) is 74.2 Å². The summed E-state index contributed by atoms with van der Waals surface area (Å²) in [5, 5.41) is 11.2. The van der Waals surface area contributed by atoms with E-state index < -0.39 is 0 Å². The number of guanidine groups is 1. The van der Waals surface area contributed by atoms with Crippen molar-refractivity contribution in [3.8, 4) is 5.69 Å². The van der Waals surface area contributed by atoms with Gasteiger partial charge >= 0.3 is 5.69 Å². The zero-order chi connectivity index (χ0) is 40.3. The number of fused-ring (bicyclic) bond motifs is 1. The molecule has 1 saturated heterocycles. The van der Waals surface area contributed by atoms with Crippen LogP contribution in [-0.2, 0) is 30.3 Å². The number of aliphatic imine (C=N–C) groups is 1. The first kappa shape index (κ1) is 42.1. The Hall–Kier alpha value is -5.04. The Kier molecular flexibility index (Phi) is 14.4. The normalized spacial score (nSPS) is 13.4. The molecule has 5 aromatic rings. The highest BCUT2D eigenvalue weighted by molar-refractivity contribution is 5.76. The van der Waals surface area contributed by atoms with Gasteiger partial charge in [-0.15, -0.1) is 0 Å². The number of aromatic nitrogens is 3. The third-order valence-electron chi connectivity index (χ3n) is 9.82. The second-order valence-corrected chi connectivity index (χ2v) is 16.6. The fourth-order valence-corrected chi connectivity index (χ4v) is 6.43. The van der Waals surface area contributed by atoms with Gasteiger partial charge in [-0.3, -0.25) is 9.56 Å². The van der Waals surface area contributed by atoms with E-state index in [9.17, 15) is 9.18 Å². The third-order valence-corrected chi connectivity index (χ3v) is 9.82. The smallest absolute Gasteiger partial charge is 0.354 e. The number of rotatable bonds is 13. The maximum absolute atomic E-state index is 13.0. The van der Waals surface area contributed by atoms with Crippen molar-refractivity contribution < 1.29 is 4.39 Å². The SMILES string of the molecule is CC(C)(C)c1cc(CNCCc2ccc(F)cc2)cc(N2CCNCC2)c1.CC(C)(C)c1cc2cn(-c3ccc(CNCCCN=C(N)N)cc3)c(=O)nc2[nH]1. The van der Waals surface area contributed by atoms with Crippen LogP contribution in [0.4, 0.5) is 10.1 Å². The van der Waals surface area contributed by atoms with Crippen LogP contribution < -0.4 is 38.0 Å². The fourth-order valence-electron chi connectivity index (χ4n) is 6.43. The number of aromatic amines is 1. The first-order valence-corrected chi connectivity index (χ1v) is 19.7. The molecule has 2 aromatic heterocycles. The van der Waals surface area contributed by atoms with Crippen LogP contribution >= 0.6 is 0 Å². The summed E-state index contributed by atoms with van der Waals surface area (Å²) >= 11 is 0. The van der Waals surface area contributed by atoms with E-state index in [2.05, 4.69) is 102 Å². The molecule has 1 aliphatic heterocycles. The summed E-state index contributed by atoms with van der Waals surface area (Å²) < 4.78 is 14.6. The molecular formula is C44H61FN10O. The van der Waals surface area contributed by atoms with Crippen LogP contribution in [0.1, 0.15) is 75.9 Å². The van der Waals surface area contributed by atoms with Crippen LogP contribution in [0, 0.1) is 5.82 Å². The zero-order valence-electron chi connectivity index (χ0n) is 34.0. The van der Waals surface area contributed by atoms with Gasteiger partial charge in [-0.2, -0.15) is 4.98 Å². The summed E-state index contributed by atoms with van der Waals surface area (Å²) in [4.78, 5) is 26.4. The molecule has 6 rings (SSSR count). The van der Waals surface area contributed by atoms with Crippen molar-refractivity contribution in [2.24, 2.45) is 16.5 Å². The van der Waals surface area contributed by atoms with Gasteiger partial charge in [0.2, 0.25) is 0 Å². The minimum absolute atomic E-state index is 0.0352. The van der Waals surface area contributed by atoms with Crippen molar-refractivity contribution in [3.63, 3.8) is 0 Å². The van der Waals surface area contributed by atoms with E-state index in [1.807, 2.05) is 42.6 Å². The number of hydrogen-bond donors (Lipinski definition) is 6. The number of H-pyrrole nitrogens is 1. The van der Waals surface area contributed by atoms with Crippen LogP contribution in [0.3, 0.4) is 0 Å². The molecule has 0 bridgehead atoms. The second-order valence-electron chi connectivity index (χ2n) is 16.6.